The number of alkyl halides is 4. The van der Waals surface area contributed by atoms with Gasteiger partial charge in [0, 0.05) is 29.5 Å². The molecule has 0 bridgehead atoms. The van der Waals surface area contributed by atoms with Crippen LogP contribution in [0, 0.1) is 6.92 Å². The third-order valence-corrected chi connectivity index (χ3v) is 2.86. The van der Waals surface area contributed by atoms with Crippen LogP contribution in [0.3, 0.4) is 0 Å². The first kappa shape index (κ1) is 13.9. The fourth-order valence-corrected chi connectivity index (χ4v) is 1.78. The third kappa shape index (κ3) is 3.06. The fourth-order valence-electron chi connectivity index (χ4n) is 1.37. The average molecular weight is 333 g/mol. The highest BCUT2D eigenvalue weighted by molar-refractivity contribution is 9.08. The van der Waals surface area contributed by atoms with Gasteiger partial charge in [-0.15, -0.1) is 0 Å². The minimum Gasteiger partial charge on any atom is -0.234 e. The summed E-state index contributed by atoms with van der Waals surface area (Å²) in [5.41, 5.74) is -0.196. The van der Waals surface area contributed by atoms with Crippen molar-refractivity contribution in [2.75, 3.05) is 0 Å². The van der Waals surface area contributed by atoms with E-state index < -0.39 is 11.9 Å². The second-order valence-electron chi connectivity index (χ2n) is 3.78. The molecule has 19 heavy (non-hydrogen) atoms. The monoisotopic (exact) mass is 332 g/mol. The van der Waals surface area contributed by atoms with E-state index in [1.807, 2.05) is 0 Å². The molecule has 2 rings (SSSR count). The van der Waals surface area contributed by atoms with E-state index >= 15 is 0 Å². The number of nitrogens with zero attached hydrogens (tertiary/aromatic N) is 4. The van der Waals surface area contributed by atoms with Crippen LogP contribution in [0.2, 0.25) is 0 Å². The zero-order valence-corrected chi connectivity index (χ0v) is 11.3. The molecule has 100 valence electrons. The van der Waals surface area contributed by atoms with Gasteiger partial charge in [-0.3, -0.25) is 0 Å². The molecule has 0 atom stereocenters. The van der Waals surface area contributed by atoms with Gasteiger partial charge in [0.1, 0.15) is 0 Å². The van der Waals surface area contributed by atoms with E-state index in [0.717, 1.165) is 11.8 Å². The Kier molecular flexibility index (Phi) is 3.79. The summed E-state index contributed by atoms with van der Waals surface area (Å²) in [6.45, 7) is 1.78. The number of rotatable bonds is 2. The Morgan fingerprint density at radius 1 is 1.05 bits per heavy atom. The largest absolute Gasteiger partial charge is 0.433 e. The summed E-state index contributed by atoms with van der Waals surface area (Å²) >= 11 is 2.98. The zero-order valence-electron chi connectivity index (χ0n) is 9.74. The molecule has 0 radical (unpaired) electrons. The average Bonchev–Trinajstić information content (AvgIpc) is 2.38. The van der Waals surface area contributed by atoms with Gasteiger partial charge in [0.25, 0.3) is 0 Å². The van der Waals surface area contributed by atoms with Crippen LogP contribution in [0.25, 0.3) is 11.6 Å². The van der Waals surface area contributed by atoms with Crippen molar-refractivity contribution >= 4 is 15.9 Å². The van der Waals surface area contributed by atoms with Crippen molar-refractivity contribution in [1.29, 1.82) is 0 Å². The van der Waals surface area contributed by atoms with Crippen LogP contribution < -0.4 is 0 Å². The molecule has 2 heterocycles. The lowest BCUT2D eigenvalue weighted by atomic mass is 10.2. The van der Waals surface area contributed by atoms with Gasteiger partial charge in [-0.05, 0) is 12.5 Å². The summed E-state index contributed by atoms with van der Waals surface area (Å²) in [6, 6.07) is 0. The molecule has 0 saturated carbocycles. The zero-order chi connectivity index (χ0) is 14.0. The Bertz CT molecular complexity index is 583. The highest BCUT2D eigenvalue weighted by Crippen LogP contribution is 2.31. The molecule has 0 aliphatic carbocycles. The summed E-state index contributed by atoms with van der Waals surface area (Å²) in [5.74, 6) is -0.0748. The number of aromatic nitrogens is 4. The lowest BCUT2D eigenvalue weighted by Gasteiger charge is -2.10. The van der Waals surface area contributed by atoms with E-state index in [1.165, 1.54) is 12.4 Å². The molecule has 8 heteroatoms. The predicted molar refractivity (Wildman–Crippen MR) is 65.4 cm³/mol. The van der Waals surface area contributed by atoms with E-state index in [0.29, 0.717) is 0 Å². The first-order valence-electron chi connectivity index (χ1n) is 5.20. The molecule has 0 saturated heterocycles. The van der Waals surface area contributed by atoms with E-state index in [2.05, 4.69) is 35.9 Å². The number of hydrogen-bond donors (Lipinski definition) is 0. The lowest BCUT2D eigenvalue weighted by Crippen LogP contribution is -2.13. The van der Waals surface area contributed by atoms with Crippen molar-refractivity contribution in [3.63, 3.8) is 0 Å². The topological polar surface area (TPSA) is 51.6 Å². The van der Waals surface area contributed by atoms with Crippen LogP contribution in [0.15, 0.2) is 18.6 Å². The van der Waals surface area contributed by atoms with Crippen LogP contribution in [0.1, 0.15) is 16.8 Å². The van der Waals surface area contributed by atoms with Crippen molar-refractivity contribution in [3.05, 3.63) is 35.4 Å². The van der Waals surface area contributed by atoms with Crippen LogP contribution >= 0.6 is 15.9 Å². The molecule has 0 amide bonds. The smallest absolute Gasteiger partial charge is 0.234 e. The minimum atomic E-state index is -4.54. The van der Waals surface area contributed by atoms with E-state index in [-0.39, 0.29) is 22.5 Å². The Balaban J connectivity index is 2.52. The Morgan fingerprint density at radius 2 is 1.63 bits per heavy atom. The first-order valence-corrected chi connectivity index (χ1v) is 6.32. The van der Waals surface area contributed by atoms with Crippen molar-refractivity contribution in [2.24, 2.45) is 0 Å². The van der Waals surface area contributed by atoms with E-state index in [4.69, 9.17) is 0 Å². The SMILES string of the molecule is Cc1cnc(-c2ncc(CBr)c(C(F)(F)F)n2)nc1. The molecular weight excluding hydrogens is 325 g/mol. The van der Waals surface area contributed by atoms with Gasteiger partial charge in [-0.1, -0.05) is 15.9 Å². The van der Waals surface area contributed by atoms with Crippen molar-refractivity contribution in [1.82, 2.24) is 19.9 Å². The summed E-state index contributed by atoms with van der Waals surface area (Å²) in [6.07, 6.45) is -0.413. The summed E-state index contributed by atoms with van der Waals surface area (Å²) in [7, 11) is 0. The Labute approximate surface area is 115 Å². The lowest BCUT2D eigenvalue weighted by molar-refractivity contribution is -0.141. The van der Waals surface area contributed by atoms with Crippen LogP contribution in [0.5, 0.6) is 0 Å². The number of aryl methyl sites for hydroxylation is 1. The summed E-state index contributed by atoms with van der Waals surface area (Å²) in [4.78, 5) is 15.2. The molecule has 0 N–H and O–H groups in total. The van der Waals surface area contributed by atoms with Gasteiger partial charge in [-0.25, -0.2) is 19.9 Å². The van der Waals surface area contributed by atoms with Gasteiger partial charge in [-0.2, -0.15) is 13.2 Å². The third-order valence-electron chi connectivity index (χ3n) is 2.26. The van der Waals surface area contributed by atoms with Gasteiger partial charge in [0.2, 0.25) is 0 Å². The second kappa shape index (κ2) is 5.20. The maximum absolute atomic E-state index is 12.8. The van der Waals surface area contributed by atoms with Crippen LogP contribution in [-0.2, 0) is 11.5 Å². The van der Waals surface area contributed by atoms with Crippen LogP contribution in [0.4, 0.5) is 13.2 Å². The molecule has 2 aromatic heterocycles. The molecule has 0 aliphatic rings. The Hall–Kier alpha value is -1.57. The number of halogens is 4. The summed E-state index contributed by atoms with van der Waals surface area (Å²) < 4.78 is 38.5. The van der Waals surface area contributed by atoms with Gasteiger partial charge in [0.15, 0.2) is 17.3 Å². The normalized spacial score (nSPS) is 11.6. The minimum absolute atomic E-state index is 0.0247. The molecule has 0 unspecified atom stereocenters. The second-order valence-corrected chi connectivity index (χ2v) is 4.34. The highest BCUT2D eigenvalue weighted by atomic mass is 79.9. The molecule has 0 fully saturated rings. The van der Waals surface area contributed by atoms with E-state index in [9.17, 15) is 13.2 Å². The van der Waals surface area contributed by atoms with Crippen molar-refractivity contribution in [2.45, 2.75) is 18.4 Å². The van der Waals surface area contributed by atoms with Gasteiger partial charge < -0.3 is 0 Å². The predicted octanol–water partition coefficient (Wildman–Crippen LogP) is 3.16. The maximum atomic E-state index is 12.8. The molecule has 0 aromatic carbocycles. The fraction of sp³-hybridized carbons (Fsp3) is 0.273. The highest BCUT2D eigenvalue weighted by Gasteiger charge is 2.36. The first-order chi connectivity index (χ1) is 8.91. The summed E-state index contributed by atoms with van der Waals surface area (Å²) in [5, 5.41) is 0.0247. The molecular formula is C11H8BrF3N4. The maximum Gasteiger partial charge on any atom is 0.433 e. The van der Waals surface area contributed by atoms with E-state index in [1.54, 1.807) is 6.92 Å². The molecule has 0 spiro atoms. The molecule has 0 aliphatic heterocycles. The molecule has 2 aromatic rings. The van der Waals surface area contributed by atoms with Gasteiger partial charge >= 0.3 is 6.18 Å². The van der Waals surface area contributed by atoms with Crippen molar-refractivity contribution in [3.8, 4) is 11.6 Å². The quantitative estimate of drug-likeness (QED) is 0.793. The van der Waals surface area contributed by atoms with Gasteiger partial charge in [0.05, 0.1) is 0 Å². The number of hydrogen-bond acceptors (Lipinski definition) is 4. The Morgan fingerprint density at radius 3 is 2.16 bits per heavy atom. The van der Waals surface area contributed by atoms with Crippen molar-refractivity contribution < 1.29 is 13.2 Å². The van der Waals surface area contributed by atoms with Crippen LogP contribution in [-0.4, -0.2) is 19.9 Å². The standard InChI is InChI=1S/C11H8BrF3N4/c1-6-3-16-9(17-4-6)10-18-5-7(2-12)8(19-10)11(13,14)15/h3-5H,2H2,1H3. The molecule has 4 nitrogen and oxygen atoms in total.